The summed E-state index contributed by atoms with van der Waals surface area (Å²) < 4.78 is 6.40. The molecular formula is C19H23N3O4S. The zero-order valence-electron chi connectivity index (χ0n) is 15.6. The highest BCUT2D eigenvalue weighted by atomic mass is 32.1. The van der Waals surface area contributed by atoms with Gasteiger partial charge in [-0.3, -0.25) is 14.2 Å². The van der Waals surface area contributed by atoms with Crippen LogP contribution in [0.5, 0.6) is 0 Å². The number of ether oxygens (including phenoxy) is 1. The molecule has 7 nitrogen and oxygen atoms in total. The standard InChI is InChI=1S/C19H23N3O4S/c1-5-8-22-17(24)13-7-6-12(10-14(13)21-19(22)27)16(23)20-15(9-11(2)3)18(25)26-4/h5-7,10-11,15H,1,8-9H2,2-4H3,(H,20,23)(H,21,27). The third kappa shape index (κ3) is 4.71. The Morgan fingerprint density at radius 2 is 2.11 bits per heavy atom. The quantitative estimate of drug-likeness (QED) is 0.431. The molecule has 1 aromatic carbocycles. The number of H-pyrrole nitrogens is 1. The first kappa shape index (κ1) is 20.6. The fraction of sp³-hybridized carbons (Fsp3) is 0.368. The van der Waals surface area contributed by atoms with Gasteiger partial charge in [-0.1, -0.05) is 19.9 Å². The van der Waals surface area contributed by atoms with Gasteiger partial charge in [-0.15, -0.1) is 6.58 Å². The Labute approximate surface area is 162 Å². The van der Waals surface area contributed by atoms with E-state index in [0.29, 0.717) is 29.4 Å². The van der Waals surface area contributed by atoms with Crippen molar-refractivity contribution in [3.63, 3.8) is 0 Å². The molecule has 2 N–H and O–H groups in total. The number of methoxy groups -OCH3 is 1. The largest absolute Gasteiger partial charge is 0.467 e. The summed E-state index contributed by atoms with van der Waals surface area (Å²) in [5.41, 5.74) is 0.510. The van der Waals surface area contributed by atoms with Crippen molar-refractivity contribution in [3.05, 3.63) is 51.5 Å². The van der Waals surface area contributed by atoms with Crippen molar-refractivity contribution in [3.8, 4) is 0 Å². The molecule has 1 atom stereocenters. The van der Waals surface area contributed by atoms with Gasteiger partial charge in [0, 0.05) is 12.1 Å². The van der Waals surface area contributed by atoms with Crippen molar-refractivity contribution in [1.29, 1.82) is 0 Å². The number of amides is 1. The Hall–Kier alpha value is -2.74. The first-order valence-corrected chi connectivity index (χ1v) is 8.95. The second-order valence-electron chi connectivity index (χ2n) is 6.57. The van der Waals surface area contributed by atoms with Crippen molar-refractivity contribution in [2.24, 2.45) is 5.92 Å². The van der Waals surface area contributed by atoms with Crippen LogP contribution in [0, 0.1) is 10.7 Å². The van der Waals surface area contributed by atoms with E-state index in [0.717, 1.165) is 0 Å². The molecule has 0 radical (unpaired) electrons. The van der Waals surface area contributed by atoms with E-state index in [2.05, 4.69) is 16.9 Å². The van der Waals surface area contributed by atoms with Crippen LogP contribution in [0.2, 0.25) is 0 Å². The van der Waals surface area contributed by atoms with E-state index < -0.39 is 17.9 Å². The summed E-state index contributed by atoms with van der Waals surface area (Å²) >= 11 is 5.21. The number of allylic oxidation sites excluding steroid dienone is 1. The number of carbonyl (C=O) groups is 2. The first-order valence-electron chi connectivity index (χ1n) is 8.55. The van der Waals surface area contributed by atoms with E-state index in [9.17, 15) is 14.4 Å². The molecule has 0 fully saturated rings. The summed E-state index contributed by atoms with van der Waals surface area (Å²) in [6, 6.07) is 3.91. The molecule has 0 aliphatic carbocycles. The van der Waals surface area contributed by atoms with E-state index in [1.165, 1.54) is 17.7 Å². The first-order chi connectivity index (χ1) is 12.8. The van der Waals surface area contributed by atoms with Crippen LogP contribution >= 0.6 is 12.2 Å². The Balaban J connectivity index is 2.38. The van der Waals surface area contributed by atoms with Crippen molar-refractivity contribution in [1.82, 2.24) is 14.9 Å². The highest BCUT2D eigenvalue weighted by Gasteiger charge is 2.23. The smallest absolute Gasteiger partial charge is 0.328 e. The van der Waals surface area contributed by atoms with Gasteiger partial charge in [0.1, 0.15) is 6.04 Å². The molecule has 1 unspecified atom stereocenters. The minimum Gasteiger partial charge on any atom is -0.467 e. The number of hydrogen-bond donors (Lipinski definition) is 2. The number of aromatic amines is 1. The number of carbonyl (C=O) groups excluding carboxylic acids is 2. The molecule has 1 amide bonds. The molecular weight excluding hydrogens is 366 g/mol. The number of aromatic nitrogens is 2. The fourth-order valence-corrected chi connectivity index (χ4v) is 3.03. The molecule has 144 valence electrons. The van der Waals surface area contributed by atoms with Gasteiger partial charge in [-0.25, -0.2) is 4.79 Å². The monoisotopic (exact) mass is 389 g/mol. The van der Waals surface area contributed by atoms with E-state index in [1.807, 2.05) is 13.8 Å². The Morgan fingerprint density at radius 3 is 2.70 bits per heavy atom. The summed E-state index contributed by atoms with van der Waals surface area (Å²) in [5, 5.41) is 3.10. The molecule has 27 heavy (non-hydrogen) atoms. The van der Waals surface area contributed by atoms with Gasteiger partial charge in [-0.2, -0.15) is 0 Å². The van der Waals surface area contributed by atoms with Crippen LogP contribution in [0.1, 0.15) is 30.6 Å². The lowest BCUT2D eigenvalue weighted by Gasteiger charge is -2.18. The molecule has 0 spiro atoms. The summed E-state index contributed by atoms with van der Waals surface area (Å²) in [5.74, 6) is -0.725. The number of rotatable bonds is 7. The van der Waals surface area contributed by atoms with Crippen LogP contribution in [0.4, 0.5) is 0 Å². The second kappa shape index (κ2) is 8.77. The third-order valence-corrected chi connectivity index (χ3v) is 4.38. The Bertz CT molecular complexity index is 991. The summed E-state index contributed by atoms with van der Waals surface area (Å²) in [6.07, 6.45) is 2.04. The average molecular weight is 389 g/mol. The maximum Gasteiger partial charge on any atom is 0.328 e. The molecule has 1 heterocycles. The van der Waals surface area contributed by atoms with Crippen LogP contribution in [0.15, 0.2) is 35.6 Å². The molecule has 0 saturated heterocycles. The number of fused-ring (bicyclic) bond motifs is 1. The topological polar surface area (TPSA) is 93.2 Å². The van der Waals surface area contributed by atoms with E-state index >= 15 is 0 Å². The molecule has 0 aliphatic rings. The number of benzene rings is 1. The SMILES string of the molecule is C=CCn1c(=S)[nH]c2cc(C(=O)NC(CC(C)C)C(=O)OC)ccc2c1=O. The predicted octanol–water partition coefficient (Wildman–Crippen LogP) is 2.56. The van der Waals surface area contributed by atoms with Gasteiger partial charge in [0.15, 0.2) is 4.77 Å². The van der Waals surface area contributed by atoms with Gasteiger partial charge in [0.25, 0.3) is 11.5 Å². The number of esters is 1. The van der Waals surface area contributed by atoms with Crippen LogP contribution in [0.25, 0.3) is 10.9 Å². The van der Waals surface area contributed by atoms with Crippen LogP contribution in [-0.2, 0) is 16.1 Å². The van der Waals surface area contributed by atoms with Gasteiger partial charge in [0.05, 0.1) is 18.0 Å². The lowest BCUT2D eigenvalue weighted by molar-refractivity contribution is -0.143. The molecule has 0 bridgehead atoms. The van der Waals surface area contributed by atoms with Gasteiger partial charge in [-0.05, 0) is 42.8 Å². The lowest BCUT2D eigenvalue weighted by atomic mass is 10.0. The van der Waals surface area contributed by atoms with E-state index in [1.54, 1.807) is 18.2 Å². The van der Waals surface area contributed by atoms with Gasteiger partial charge < -0.3 is 15.0 Å². The Morgan fingerprint density at radius 1 is 1.41 bits per heavy atom. The molecule has 0 aliphatic heterocycles. The highest BCUT2D eigenvalue weighted by Crippen LogP contribution is 2.13. The zero-order chi connectivity index (χ0) is 20.1. The van der Waals surface area contributed by atoms with Crippen LogP contribution < -0.4 is 10.9 Å². The van der Waals surface area contributed by atoms with Crippen LogP contribution in [0.3, 0.4) is 0 Å². The fourth-order valence-electron chi connectivity index (χ4n) is 2.76. The van der Waals surface area contributed by atoms with Crippen molar-refractivity contribution < 1.29 is 14.3 Å². The summed E-state index contributed by atoms with van der Waals surface area (Å²) in [4.78, 5) is 40.0. The van der Waals surface area contributed by atoms with Crippen molar-refractivity contribution in [2.75, 3.05) is 7.11 Å². The normalized spacial score (nSPS) is 12.0. The minimum absolute atomic E-state index is 0.199. The third-order valence-electron chi connectivity index (χ3n) is 4.05. The summed E-state index contributed by atoms with van der Waals surface area (Å²) in [6.45, 7) is 7.81. The molecule has 1 aromatic heterocycles. The van der Waals surface area contributed by atoms with Crippen molar-refractivity contribution >= 4 is 35.0 Å². The lowest BCUT2D eigenvalue weighted by Crippen LogP contribution is -2.42. The van der Waals surface area contributed by atoms with Crippen molar-refractivity contribution in [2.45, 2.75) is 32.9 Å². The minimum atomic E-state index is -0.739. The van der Waals surface area contributed by atoms with Gasteiger partial charge in [0.2, 0.25) is 0 Å². The molecule has 2 aromatic rings. The molecule has 0 saturated carbocycles. The zero-order valence-corrected chi connectivity index (χ0v) is 16.4. The second-order valence-corrected chi connectivity index (χ2v) is 6.96. The maximum atomic E-state index is 12.6. The molecule has 8 heteroatoms. The van der Waals surface area contributed by atoms with Gasteiger partial charge >= 0.3 is 5.97 Å². The average Bonchev–Trinajstić information content (AvgIpc) is 2.63. The number of nitrogens with one attached hydrogen (secondary N) is 2. The maximum absolute atomic E-state index is 12.6. The van der Waals surface area contributed by atoms with E-state index in [4.69, 9.17) is 17.0 Å². The predicted molar refractivity (Wildman–Crippen MR) is 106 cm³/mol. The summed E-state index contributed by atoms with van der Waals surface area (Å²) in [7, 11) is 1.28. The number of nitrogens with zero attached hydrogens (tertiary/aromatic N) is 1. The Kier molecular flexibility index (Phi) is 6.68. The van der Waals surface area contributed by atoms with E-state index in [-0.39, 0.29) is 16.2 Å². The number of hydrogen-bond acceptors (Lipinski definition) is 5. The highest BCUT2D eigenvalue weighted by molar-refractivity contribution is 7.71. The molecule has 2 rings (SSSR count). The van der Waals surface area contributed by atoms with Crippen LogP contribution in [-0.4, -0.2) is 34.6 Å².